The molecule has 2 unspecified atom stereocenters. The van der Waals surface area contributed by atoms with Crippen molar-refractivity contribution >= 4 is 29.7 Å². The second kappa shape index (κ2) is 11.8. The van der Waals surface area contributed by atoms with Gasteiger partial charge in [-0.1, -0.05) is 29.8 Å². The third kappa shape index (κ3) is 8.57. The van der Waals surface area contributed by atoms with E-state index in [1.54, 1.807) is 37.4 Å². The minimum atomic E-state index is -0.771. The van der Waals surface area contributed by atoms with Gasteiger partial charge in [-0.05, 0) is 78.4 Å². The van der Waals surface area contributed by atoms with Crippen molar-refractivity contribution in [1.29, 1.82) is 0 Å². The monoisotopic (exact) mass is 477 g/mol. The summed E-state index contributed by atoms with van der Waals surface area (Å²) in [4.78, 5) is 41.5. The van der Waals surface area contributed by atoms with Crippen LogP contribution >= 0.6 is 11.8 Å². The molecule has 1 aliphatic carbocycles. The van der Waals surface area contributed by atoms with Crippen LogP contribution in [0.25, 0.3) is 0 Å². The summed E-state index contributed by atoms with van der Waals surface area (Å²) in [6, 6.07) is 6.09. The van der Waals surface area contributed by atoms with Gasteiger partial charge in [-0.25, -0.2) is 4.79 Å². The molecule has 3 amide bonds. The van der Waals surface area contributed by atoms with E-state index in [4.69, 9.17) is 4.74 Å². The van der Waals surface area contributed by atoms with Crippen LogP contribution in [-0.2, 0) is 14.3 Å². The highest BCUT2D eigenvalue weighted by atomic mass is 32.2. The topological polar surface area (TPSA) is 87.7 Å². The molecular formula is C25H39N3O4S. The third-order valence-corrected chi connectivity index (χ3v) is 5.75. The Morgan fingerprint density at radius 1 is 1.18 bits per heavy atom. The molecule has 0 radical (unpaired) electrons. The predicted molar refractivity (Wildman–Crippen MR) is 133 cm³/mol. The second-order valence-electron chi connectivity index (χ2n) is 9.94. The van der Waals surface area contributed by atoms with E-state index in [1.165, 1.54) is 0 Å². The zero-order chi connectivity index (χ0) is 24.8. The maximum absolute atomic E-state index is 13.9. The third-order valence-electron chi connectivity index (χ3n) is 5.11. The van der Waals surface area contributed by atoms with Gasteiger partial charge in [0.25, 0.3) is 0 Å². The summed E-state index contributed by atoms with van der Waals surface area (Å²) in [5, 5.41) is 5.76. The number of thioether (sulfide) groups is 1. The molecule has 2 N–H and O–H groups in total. The van der Waals surface area contributed by atoms with E-state index >= 15 is 0 Å². The van der Waals surface area contributed by atoms with Gasteiger partial charge in [0, 0.05) is 12.1 Å². The number of rotatable bonds is 10. The first-order valence-electron chi connectivity index (χ1n) is 11.6. The van der Waals surface area contributed by atoms with Gasteiger partial charge in [0.2, 0.25) is 11.8 Å². The van der Waals surface area contributed by atoms with Crippen molar-refractivity contribution < 1.29 is 19.1 Å². The van der Waals surface area contributed by atoms with E-state index in [2.05, 4.69) is 10.6 Å². The summed E-state index contributed by atoms with van der Waals surface area (Å²) < 4.78 is 5.41. The molecule has 8 heteroatoms. The number of aryl methyl sites for hydroxylation is 1. The van der Waals surface area contributed by atoms with Crippen LogP contribution in [0, 0.1) is 6.92 Å². The summed E-state index contributed by atoms with van der Waals surface area (Å²) in [7, 11) is 0. The average molecular weight is 478 g/mol. The molecule has 1 aliphatic rings. The Bertz CT molecular complexity index is 833. The molecule has 0 heterocycles. The molecule has 2 rings (SSSR count). The number of nitrogens with zero attached hydrogens (tertiary/aromatic N) is 1. The maximum atomic E-state index is 13.9. The van der Waals surface area contributed by atoms with Crippen LogP contribution < -0.4 is 10.6 Å². The number of hydrogen-bond donors (Lipinski definition) is 2. The molecule has 0 spiro atoms. The van der Waals surface area contributed by atoms with E-state index in [0.717, 1.165) is 24.0 Å². The Labute approximate surface area is 202 Å². The van der Waals surface area contributed by atoms with E-state index in [0.29, 0.717) is 12.2 Å². The lowest BCUT2D eigenvalue weighted by Gasteiger charge is -2.35. The van der Waals surface area contributed by atoms with Crippen LogP contribution in [0.15, 0.2) is 24.3 Å². The fourth-order valence-electron chi connectivity index (χ4n) is 3.64. The van der Waals surface area contributed by atoms with Crippen molar-refractivity contribution in [3.63, 3.8) is 0 Å². The lowest BCUT2D eigenvalue weighted by Crippen LogP contribution is -2.54. The van der Waals surface area contributed by atoms with Crippen molar-refractivity contribution in [1.82, 2.24) is 15.5 Å². The van der Waals surface area contributed by atoms with Gasteiger partial charge in [-0.3, -0.25) is 9.59 Å². The largest absolute Gasteiger partial charge is 0.444 e. The smallest absolute Gasteiger partial charge is 0.408 e. The molecule has 1 aromatic rings. The number of carbonyl (C=O) groups excluding carboxylic acids is 3. The first kappa shape index (κ1) is 27.0. The molecule has 0 bridgehead atoms. The molecule has 33 heavy (non-hydrogen) atoms. The van der Waals surface area contributed by atoms with E-state index in [1.807, 2.05) is 51.3 Å². The number of hydrogen-bond acceptors (Lipinski definition) is 5. The molecule has 1 aromatic carbocycles. The summed E-state index contributed by atoms with van der Waals surface area (Å²) in [5.74, 6) is 0.234. The number of ether oxygens (including phenoxy) is 1. The van der Waals surface area contributed by atoms with Crippen LogP contribution in [-0.4, -0.2) is 58.5 Å². The zero-order valence-electron chi connectivity index (χ0n) is 20.9. The van der Waals surface area contributed by atoms with Gasteiger partial charge in [-0.15, -0.1) is 0 Å². The first-order chi connectivity index (χ1) is 15.4. The van der Waals surface area contributed by atoms with Gasteiger partial charge in [0.05, 0.1) is 0 Å². The Balaban J connectivity index is 2.40. The first-order valence-corrected chi connectivity index (χ1v) is 13.0. The summed E-state index contributed by atoms with van der Waals surface area (Å²) in [6.45, 7) is 11.1. The predicted octanol–water partition coefficient (Wildman–Crippen LogP) is 4.20. The van der Waals surface area contributed by atoms with Crippen molar-refractivity contribution in [2.24, 2.45) is 0 Å². The standard InChI is InChI=1S/C25H39N3O4S/c1-16(2)26-22(29)21(18-10-8-9-17(3)15-18)28(19-11-12-19)23(30)20(13-14-33-7)27-24(31)32-25(4,5)6/h8-10,15-16,19-21H,11-14H2,1-7H3,(H,26,29)(H,27,31). The molecular weight excluding hydrogens is 438 g/mol. The fourth-order valence-corrected chi connectivity index (χ4v) is 4.11. The van der Waals surface area contributed by atoms with Crippen LogP contribution in [0.5, 0.6) is 0 Å². The molecule has 1 fully saturated rings. The minimum absolute atomic E-state index is 0.0295. The van der Waals surface area contributed by atoms with Crippen LogP contribution in [0.4, 0.5) is 4.79 Å². The molecule has 0 saturated heterocycles. The van der Waals surface area contributed by atoms with Crippen molar-refractivity contribution in [3.8, 4) is 0 Å². The Morgan fingerprint density at radius 3 is 2.36 bits per heavy atom. The zero-order valence-corrected chi connectivity index (χ0v) is 21.8. The molecule has 7 nitrogen and oxygen atoms in total. The molecule has 0 aromatic heterocycles. The van der Waals surface area contributed by atoms with Crippen LogP contribution in [0.3, 0.4) is 0 Å². The van der Waals surface area contributed by atoms with Gasteiger partial charge in [-0.2, -0.15) is 11.8 Å². The Kier molecular flexibility index (Phi) is 9.64. The van der Waals surface area contributed by atoms with E-state index < -0.39 is 23.8 Å². The lowest BCUT2D eigenvalue weighted by atomic mass is 10.00. The van der Waals surface area contributed by atoms with Crippen molar-refractivity contribution in [3.05, 3.63) is 35.4 Å². The normalized spacial score (nSPS) is 15.5. The van der Waals surface area contributed by atoms with Crippen molar-refractivity contribution in [2.45, 2.75) is 90.6 Å². The number of amides is 3. The average Bonchev–Trinajstić information content (AvgIpc) is 3.51. The number of carbonyl (C=O) groups is 3. The summed E-state index contributed by atoms with van der Waals surface area (Å²) >= 11 is 1.60. The molecule has 184 valence electrons. The molecule has 2 atom stereocenters. The second-order valence-corrected chi connectivity index (χ2v) is 10.9. The number of benzene rings is 1. The lowest BCUT2D eigenvalue weighted by molar-refractivity contribution is -0.143. The van der Waals surface area contributed by atoms with Gasteiger partial charge in [0.1, 0.15) is 17.7 Å². The SMILES string of the molecule is CSCCC(NC(=O)OC(C)(C)C)C(=O)N(C1CC1)C(C(=O)NC(C)C)c1cccc(C)c1. The van der Waals surface area contributed by atoms with Crippen molar-refractivity contribution in [2.75, 3.05) is 12.0 Å². The quantitative estimate of drug-likeness (QED) is 0.527. The maximum Gasteiger partial charge on any atom is 0.408 e. The van der Waals surface area contributed by atoms with Crippen LogP contribution in [0.1, 0.15) is 71.0 Å². The molecule has 0 aliphatic heterocycles. The summed E-state index contributed by atoms with van der Waals surface area (Å²) in [5.41, 5.74) is 1.12. The number of nitrogens with one attached hydrogen (secondary N) is 2. The molecule has 1 saturated carbocycles. The number of alkyl carbamates (subject to hydrolysis) is 1. The Hall–Kier alpha value is -2.22. The van der Waals surface area contributed by atoms with Gasteiger partial charge in [0.15, 0.2) is 0 Å². The minimum Gasteiger partial charge on any atom is -0.444 e. The fraction of sp³-hybridized carbons (Fsp3) is 0.640. The van der Waals surface area contributed by atoms with E-state index in [9.17, 15) is 14.4 Å². The van der Waals surface area contributed by atoms with Crippen LogP contribution in [0.2, 0.25) is 0 Å². The van der Waals surface area contributed by atoms with Gasteiger partial charge >= 0.3 is 6.09 Å². The Morgan fingerprint density at radius 2 is 1.85 bits per heavy atom. The summed E-state index contributed by atoms with van der Waals surface area (Å²) in [6.07, 6.45) is 3.46. The van der Waals surface area contributed by atoms with E-state index in [-0.39, 0.29) is 23.9 Å². The highest BCUT2D eigenvalue weighted by Gasteiger charge is 2.44. The highest BCUT2D eigenvalue weighted by Crippen LogP contribution is 2.36. The van der Waals surface area contributed by atoms with Gasteiger partial charge < -0.3 is 20.3 Å². The highest BCUT2D eigenvalue weighted by molar-refractivity contribution is 7.98.